The zero-order chi connectivity index (χ0) is 15.0. The second-order valence-electron chi connectivity index (χ2n) is 4.14. The third-order valence-electron chi connectivity index (χ3n) is 2.46. The molecule has 1 unspecified atom stereocenters. The van der Waals surface area contributed by atoms with E-state index < -0.39 is 29.9 Å². The van der Waals surface area contributed by atoms with E-state index in [1.54, 1.807) is 0 Å². The summed E-state index contributed by atoms with van der Waals surface area (Å²) in [6.07, 6.45) is -0.587. The molecule has 108 valence electrons. The van der Waals surface area contributed by atoms with Crippen molar-refractivity contribution in [1.82, 2.24) is 5.32 Å². The molecule has 8 nitrogen and oxygen atoms in total. The summed E-state index contributed by atoms with van der Waals surface area (Å²) < 4.78 is 0. The van der Waals surface area contributed by atoms with Gasteiger partial charge in [0.15, 0.2) is 5.78 Å². The van der Waals surface area contributed by atoms with Gasteiger partial charge in [0.2, 0.25) is 5.91 Å². The number of amides is 1. The van der Waals surface area contributed by atoms with Crippen LogP contribution in [0.25, 0.3) is 0 Å². The second-order valence-corrected chi connectivity index (χ2v) is 4.14. The number of nitrogens with one attached hydrogen (secondary N) is 1. The van der Waals surface area contributed by atoms with Gasteiger partial charge in [-0.2, -0.15) is 0 Å². The van der Waals surface area contributed by atoms with Crippen LogP contribution in [0.3, 0.4) is 0 Å². The molecule has 8 heteroatoms. The maximum atomic E-state index is 11.6. The first-order chi connectivity index (χ1) is 8.73. The first-order valence-corrected chi connectivity index (χ1v) is 5.74. The van der Waals surface area contributed by atoms with E-state index in [1.165, 1.54) is 6.92 Å². The highest BCUT2D eigenvalue weighted by Gasteiger charge is 2.22. The van der Waals surface area contributed by atoms with Crippen LogP contribution in [-0.4, -0.2) is 45.9 Å². The van der Waals surface area contributed by atoms with Gasteiger partial charge >= 0.3 is 11.9 Å². The van der Waals surface area contributed by atoms with E-state index in [9.17, 15) is 19.2 Å². The Bertz CT molecular complexity index is 368. The quantitative estimate of drug-likeness (QED) is 0.426. The Balaban J connectivity index is 4.33. The number of ketones is 1. The molecule has 0 saturated heterocycles. The molecule has 2 atom stereocenters. The van der Waals surface area contributed by atoms with Crippen molar-refractivity contribution in [1.29, 1.82) is 0 Å². The molecule has 0 fully saturated rings. The third kappa shape index (κ3) is 7.87. The van der Waals surface area contributed by atoms with Gasteiger partial charge in [0.05, 0.1) is 12.1 Å². The number of carboxylic acids is 2. The molecule has 0 aliphatic rings. The van der Waals surface area contributed by atoms with Crippen molar-refractivity contribution in [3.63, 3.8) is 0 Å². The largest absolute Gasteiger partial charge is 0.481 e. The molecule has 0 aromatic heterocycles. The fourth-order valence-corrected chi connectivity index (χ4v) is 1.33. The fourth-order valence-electron chi connectivity index (χ4n) is 1.33. The number of carbonyl (C=O) groups excluding carboxylic acids is 2. The lowest BCUT2D eigenvalue weighted by molar-refractivity contribution is -0.139. The third-order valence-corrected chi connectivity index (χ3v) is 2.46. The van der Waals surface area contributed by atoms with Gasteiger partial charge < -0.3 is 21.3 Å². The Hall–Kier alpha value is -1.96. The van der Waals surface area contributed by atoms with E-state index in [1.807, 2.05) is 0 Å². The minimum Gasteiger partial charge on any atom is -0.481 e. The zero-order valence-corrected chi connectivity index (χ0v) is 10.6. The molecule has 0 heterocycles. The summed E-state index contributed by atoms with van der Waals surface area (Å²) in [6.45, 7) is 1.23. The maximum Gasteiger partial charge on any atom is 0.303 e. The Morgan fingerprint density at radius 1 is 1.05 bits per heavy atom. The molecule has 19 heavy (non-hydrogen) atoms. The minimum atomic E-state index is -1.07. The molecule has 0 saturated carbocycles. The van der Waals surface area contributed by atoms with Gasteiger partial charge in [-0.05, 0) is 19.8 Å². The molecule has 0 bridgehead atoms. The number of aliphatic carboxylic acids is 2. The van der Waals surface area contributed by atoms with E-state index in [2.05, 4.69) is 5.32 Å². The van der Waals surface area contributed by atoms with Gasteiger partial charge in [-0.1, -0.05) is 0 Å². The van der Waals surface area contributed by atoms with Crippen LogP contribution in [0, 0.1) is 0 Å². The molecule has 5 N–H and O–H groups in total. The van der Waals surface area contributed by atoms with Gasteiger partial charge in [0.1, 0.15) is 0 Å². The summed E-state index contributed by atoms with van der Waals surface area (Å²) in [5.74, 6) is -3.18. The van der Waals surface area contributed by atoms with Crippen LogP contribution in [0.2, 0.25) is 0 Å². The predicted octanol–water partition coefficient (Wildman–Crippen LogP) is -0.883. The van der Waals surface area contributed by atoms with Crippen LogP contribution in [0.1, 0.15) is 32.6 Å². The van der Waals surface area contributed by atoms with Gasteiger partial charge in [0, 0.05) is 12.8 Å². The number of hydrogen-bond donors (Lipinski definition) is 4. The standard InChI is InChI=1S/C11H18N2O6/c1-6(14)8(3-5-10(17)18)13-11(19)7(12)2-4-9(15)16/h7-8H,2-5,12H2,1H3,(H,13,19)(H,15,16)(H,17,18)/t7?,8-/m1/s1. The molecule has 0 radical (unpaired) electrons. The van der Waals surface area contributed by atoms with Crippen LogP contribution in [0.15, 0.2) is 0 Å². The van der Waals surface area contributed by atoms with Gasteiger partial charge in [-0.15, -0.1) is 0 Å². The number of hydrogen-bond acceptors (Lipinski definition) is 5. The monoisotopic (exact) mass is 274 g/mol. The van der Waals surface area contributed by atoms with Crippen LogP contribution in [0.4, 0.5) is 0 Å². The molecule has 0 aromatic rings. The molecule has 0 spiro atoms. The lowest BCUT2D eigenvalue weighted by Gasteiger charge is -2.18. The van der Waals surface area contributed by atoms with Crippen molar-refractivity contribution in [3.8, 4) is 0 Å². The summed E-state index contributed by atoms with van der Waals surface area (Å²) in [7, 11) is 0. The fraction of sp³-hybridized carbons (Fsp3) is 0.636. The van der Waals surface area contributed by atoms with E-state index in [0.29, 0.717) is 0 Å². The number of nitrogens with two attached hydrogens (primary N) is 1. The van der Waals surface area contributed by atoms with E-state index in [4.69, 9.17) is 15.9 Å². The minimum absolute atomic E-state index is 0.0257. The average molecular weight is 274 g/mol. The van der Waals surface area contributed by atoms with Crippen LogP contribution in [0.5, 0.6) is 0 Å². The summed E-state index contributed by atoms with van der Waals surface area (Å²) in [4.78, 5) is 43.6. The molecule has 0 aliphatic carbocycles. The molecule has 0 rings (SSSR count). The van der Waals surface area contributed by atoms with Gasteiger partial charge in [0.25, 0.3) is 0 Å². The van der Waals surface area contributed by atoms with Crippen molar-refractivity contribution in [2.24, 2.45) is 5.73 Å². The van der Waals surface area contributed by atoms with Crippen molar-refractivity contribution in [3.05, 3.63) is 0 Å². The molecular formula is C11H18N2O6. The predicted molar refractivity (Wildman–Crippen MR) is 64.3 cm³/mol. The first kappa shape index (κ1) is 17.0. The number of Topliss-reactive ketones (excluding diaryl/α,β-unsaturated/α-hetero) is 1. The summed E-state index contributed by atoms with van der Waals surface area (Å²) in [6, 6.07) is -1.96. The Labute approximate surface area is 110 Å². The first-order valence-electron chi connectivity index (χ1n) is 5.74. The molecule has 0 aromatic carbocycles. The SMILES string of the molecule is CC(=O)[C@@H](CCC(=O)O)NC(=O)C(N)CCC(=O)O. The van der Waals surface area contributed by atoms with Crippen molar-refractivity contribution >= 4 is 23.6 Å². The zero-order valence-electron chi connectivity index (χ0n) is 10.6. The number of carbonyl (C=O) groups is 4. The number of rotatable bonds is 9. The highest BCUT2D eigenvalue weighted by molar-refractivity contribution is 5.90. The van der Waals surface area contributed by atoms with E-state index in [0.717, 1.165) is 0 Å². The Morgan fingerprint density at radius 3 is 1.95 bits per heavy atom. The van der Waals surface area contributed by atoms with Crippen molar-refractivity contribution < 1.29 is 29.4 Å². The lowest BCUT2D eigenvalue weighted by Crippen LogP contribution is -2.48. The van der Waals surface area contributed by atoms with Crippen molar-refractivity contribution in [2.75, 3.05) is 0 Å². The molecular weight excluding hydrogens is 256 g/mol. The summed E-state index contributed by atoms with van der Waals surface area (Å²) >= 11 is 0. The lowest BCUT2D eigenvalue weighted by atomic mass is 10.1. The number of carboxylic acid groups (broad SMARTS) is 2. The molecule has 0 aliphatic heterocycles. The van der Waals surface area contributed by atoms with Gasteiger partial charge in [-0.3, -0.25) is 19.2 Å². The Kier molecular flexibility index (Phi) is 7.35. The smallest absolute Gasteiger partial charge is 0.303 e. The second kappa shape index (κ2) is 8.20. The average Bonchev–Trinajstić information content (AvgIpc) is 2.30. The highest BCUT2D eigenvalue weighted by atomic mass is 16.4. The maximum absolute atomic E-state index is 11.6. The van der Waals surface area contributed by atoms with Crippen LogP contribution in [-0.2, 0) is 19.2 Å². The molecule has 1 amide bonds. The van der Waals surface area contributed by atoms with Gasteiger partial charge in [-0.25, -0.2) is 0 Å². The van der Waals surface area contributed by atoms with Crippen LogP contribution < -0.4 is 11.1 Å². The topological polar surface area (TPSA) is 147 Å². The highest BCUT2D eigenvalue weighted by Crippen LogP contribution is 2.01. The van der Waals surface area contributed by atoms with E-state index >= 15 is 0 Å². The Morgan fingerprint density at radius 2 is 1.53 bits per heavy atom. The van der Waals surface area contributed by atoms with E-state index in [-0.39, 0.29) is 31.5 Å². The summed E-state index contributed by atoms with van der Waals surface area (Å²) in [5, 5.41) is 19.3. The normalized spacial score (nSPS) is 13.4. The van der Waals surface area contributed by atoms with Crippen LogP contribution >= 0.6 is 0 Å². The summed E-state index contributed by atoms with van der Waals surface area (Å²) in [5.41, 5.74) is 5.47. The van der Waals surface area contributed by atoms with Crippen molar-refractivity contribution in [2.45, 2.75) is 44.7 Å².